The van der Waals surface area contributed by atoms with E-state index in [4.69, 9.17) is 14.2 Å². The van der Waals surface area contributed by atoms with Gasteiger partial charge in [0.05, 0.1) is 19.3 Å². The number of benzene rings is 1. The van der Waals surface area contributed by atoms with Gasteiger partial charge >= 0.3 is 0 Å². The highest BCUT2D eigenvalue weighted by molar-refractivity contribution is 5.55. The van der Waals surface area contributed by atoms with E-state index in [-0.39, 0.29) is 12.4 Å². The summed E-state index contributed by atoms with van der Waals surface area (Å²) in [5, 5.41) is 0. The van der Waals surface area contributed by atoms with Crippen molar-refractivity contribution in [3.05, 3.63) is 42.2 Å². The monoisotopic (exact) mass is 524 g/mol. The molecule has 0 N–H and O–H groups in total. The van der Waals surface area contributed by atoms with E-state index < -0.39 is 0 Å². The summed E-state index contributed by atoms with van der Waals surface area (Å²) in [6.07, 6.45) is 23.0. The molecule has 0 amide bonds. The first kappa shape index (κ1) is 30.6. The molecule has 1 fully saturated rings. The highest BCUT2D eigenvalue weighted by atomic mass is 16.7. The summed E-state index contributed by atoms with van der Waals surface area (Å²) in [6, 6.07) is 8.08. The molecular weight excluding hydrogens is 472 g/mol. The topological polar surface area (TPSA) is 53.5 Å². The fraction of sp³-hybridized carbons (Fsp3) is 0.697. The molecule has 2 aromatic rings. The molecule has 38 heavy (non-hydrogen) atoms. The van der Waals surface area contributed by atoms with E-state index in [1.165, 1.54) is 89.9 Å². The summed E-state index contributed by atoms with van der Waals surface area (Å²) >= 11 is 0. The number of hydrogen-bond donors (Lipinski definition) is 0. The van der Waals surface area contributed by atoms with E-state index in [2.05, 4.69) is 30.7 Å². The molecule has 1 aromatic carbocycles. The van der Waals surface area contributed by atoms with Gasteiger partial charge in [-0.05, 0) is 44.0 Å². The number of aromatic nitrogens is 2. The molecule has 5 nitrogen and oxygen atoms in total. The van der Waals surface area contributed by atoms with E-state index in [9.17, 15) is 0 Å². The number of nitrogens with zero attached hydrogens (tertiary/aromatic N) is 2. The van der Waals surface area contributed by atoms with Crippen LogP contribution < -0.4 is 4.74 Å². The standard InChI is InChI=1S/C33H52N2O3/c1-4-6-8-10-12-13-15-17-23-36-31-21-19-28(20-22-31)32-34-24-30(25-35-32)33-37-26-29(27(3)38-33)18-16-14-11-9-7-5-2/h19-22,24-25,27,29,33H,4-18,23,26H2,1-3H3. The molecule has 1 aliphatic heterocycles. The lowest BCUT2D eigenvalue weighted by molar-refractivity contribution is -0.237. The minimum atomic E-state index is -0.382. The van der Waals surface area contributed by atoms with Crippen LogP contribution in [0, 0.1) is 5.92 Å². The van der Waals surface area contributed by atoms with E-state index in [0.717, 1.165) is 36.5 Å². The summed E-state index contributed by atoms with van der Waals surface area (Å²) in [5.74, 6) is 2.07. The largest absolute Gasteiger partial charge is 0.494 e. The average molecular weight is 525 g/mol. The summed E-state index contributed by atoms with van der Waals surface area (Å²) in [6.45, 7) is 8.22. The third kappa shape index (κ3) is 11.0. The predicted octanol–water partition coefficient (Wildman–Crippen LogP) is 9.46. The zero-order valence-corrected chi connectivity index (χ0v) is 24.3. The highest BCUT2D eigenvalue weighted by Crippen LogP contribution is 2.31. The molecule has 3 rings (SSSR count). The van der Waals surface area contributed by atoms with Crippen molar-refractivity contribution in [2.45, 2.75) is 129 Å². The van der Waals surface area contributed by atoms with Gasteiger partial charge in [0.1, 0.15) is 5.75 Å². The summed E-state index contributed by atoms with van der Waals surface area (Å²) < 4.78 is 18.2. The van der Waals surface area contributed by atoms with Gasteiger partial charge in [-0.2, -0.15) is 0 Å². The lowest BCUT2D eigenvalue weighted by Gasteiger charge is -2.34. The van der Waals surface area contributed by atoms with E-state index in [0.29, 0.717) is 11.7 Å². The van der Waals surface area contributed by atoms with Crippen molar-refractivity contribution < 1.29 is 14.2 Å². The van der Waals surface area contributed by atoms with Gasteiger partial charge in [-0.3, -0.25) is 0 Å². The molecule has 1 aromatic heterocycles. The van der Waals surface area contributed by atoms with Crippen molar-refractivity contribution in [3.8, 4) is 17.1 Å². The Labute approximate surface area is 232 Å². The van der Waals surface area contributed by atoms with Crippen molar-refractivity contribution in [2.24, 2.45) is 5.92 Å². The van der Waals surface area contributed by atoms with Crippen LogP contribution in [0.25, 0.3) is 11.4 Å². The minimum Gasteiger partial charge on any atom is -0.494 e. The normalized spacial score (nSPS) is 19.5. The van der Waals surface area contributed by atoms with Crippen LogP contribution in [0.2, 0.25) is 0 Å². The second-order valence-electron chi connectivity index (χ2n) is 11.0. The maximum Gasteiger partial charge on any atom is 0.187 e. The Kier molecular flexibility index (Phi) is 14.7. The lowest BCUT2D eigenvalue weighted by atomic mass is 9.95. The van der Waals surface area contributed by atoms with Gasteiger partial charge in [-0.1, -0.05) is 97.3 Å². The summed E-state index contributed by atoms with van der Waals surface area (Å²) in [5.41, 5.74) is 1.86. The molecule has 212 valence electrons. The molecule has 2 heterocycles. The van der Waals surface area contributed by atoms with Crippen LogP contribution in [-0.2, 0) is 9.47 Å². The lowest BCUT2D eigenvalue weighted by Crippen LogP contribution is -2.34. The van der Waals surface area contributed by atoms with Gasteiger partial charge in [-0.15, -0.1) is 0 Å². The van der Waals surface area contributed by atoms with Crippen LogP contribution in [0.1, 0.15) is 129 Å². The van der Waals surface area contributed by atoms with Gasteiger partial charge < -0.3 is 14.2 Å². The predicted molar refractivity (Wildman–Crippen MR) is 156 cm³/mol. The van der Waals surface area contributed by atoms with Gasteiger partial charge in [0.2, 0.25) is 0 Å². The molecule has 1 aliphatic rings. The molecule has 3 unspecified atom stereocenters. The molecule has 5 heteroatoms. The van der Waals surface area contributed by atoms with Crippen LogP contribution in [0.5, 0.6) is 5.75 Å². The van der Waals surface area contributed by atoms with Crippen molar-refractivity contribution in [1.82, 2.24) is 9.97 Å². The van der Waals surface area contributed by atoms with Crippen molar-refractivity contribution in [2.75, 3.05) is 13.2 Å². The molecule has 1 saturated heterocycles. The molecule has 0 spiro atoms. The van der Waals surface area contributed by atoms with Crippen molar-refractivity contribution >= 4 is 0 Å². The Morgan fingerprint density at radius 3 is 1.95 bits per heavy atom. The molecular formula is C33H52N2O3. The van der Waals surface area contributed by atoms with Crippen LogP contribution in [-0.4, -0.2) is 29.3 Å². The highest BCUT2D eigenvalue weighted by Gasteiger charge is 2.29. The zero-order valence-electron chi connectivity index (χ0n) is 24.3. The van der Waals surface area contributed by atoms with Gasteiger partial charge in [0.15, 0.2) is 12.1 Å². The summed E-state index contributed by atoms with van der Waals surface area (Å²) in [4.78, 5) is 9.19. The number of hydrogen-bond acceptors (Lipinski definition) is 5. The Balaban J connectivity index is 1.35. The maximum atomic E-state index is 6.21. The van der Waals surface area contributed by atoms with Crippen LogP contribution in [0.15, 0.2) is 36.7 Å². The van der Waals surface area contributed by atoms with Gasteiger partial charge in [-0.25, -0.2) is 9.97 Å². The second-order valence-corrected chi connectivity index (χ2v) is 11.0. The molecule has 0 aliphatic carbocycles. The zero-order chi connectivity index (χ0) is 26.8. The molecule has 0 saturated carbocycles. The van der Waals surface area contributed by atoms with Gasteiger partial charge in [0.25, 0.3) is 0 Å². The Bertz CT molecular complexity index is 856. The van der Waals surface area contributed by atoms with Crippen LogP contribution in [0.4, 0.5) is 0 Å². The second kappa shape index (κ2) is 18.3. The Morgan fingerprint density at radius 1 is 0.763 bits per heavy atom. The quantitative estimate of drug-likeness (QED) is 0.171. The maximum absolute atomic E-state index is 6.21. The molecule has 0 radical (unpaired) electrons. The number of unbranched alkanes of at least 4 members (excludes halogenated alkanes) is 12. The van der Waals surface area contributed by atoms with Crippen molar-refractivity contribution in [1.29, 1.82) is 0 Å². The summed E-state index contributed by atoms with van der Waals surface area (Å²) in [7, 11) is 0. The van der Waals surface area contributed by atoms with Crippen molar-refractivity contribution in [3.63, 3.8) is 0 Å². The van der Waals surface area contributed by atoms with Crippen LogP contribution >= 0.6 is 0 Å². The smallest absolute Gasteiger partial charge is 0.187 e. The Morgan fingerprint density at radius 2 is 1.34 bits per heavy atom. The molecule has 3 atom stereocenters. The van der Waals surface area contributed by atoms with Gasteiger partial charge in [0, 0.05) is 29.4 Å². The fourth-order valence-corrected chi connectivity index (χ4v) is 5.11. The van der Waals surface area contributed by atoms with E-state index in [1.807, 2.05) is 36.7 Å². The number of rotatable bonds is 19. The molecule has 0 bridgehead atoms. The first-order chi connectivity index (χ1) is 18.7. The van der Waals surface area contributed by atoms with Crippen LogP contribution in [0.3, 0.4) is 0 Å². The van der Waals surface area contributed by atoms with E-state index >= 15 is 0 Å². The Hall–Kier alpha value is -1.98. The van der Waals surface area contributed by atoms with E-state index in [1.54, 1.807) is 0 Å². The minimum absolute atomic E-state index is 0.183. The first-order valence-electron chi connectivity index (χ1n) is 15.5. The number of ether oxygens (including phenoxy) is 3. The first-order valence-corrected chi connectivity index (χ1v) is 15.5. The third-order valence-corrected chi connectivity index (χ3v) is 7.72. The average Bonchev–Trinajstić information content (AvgIpc) is 2.95. The SMILES string of the molecule is CCCCCCCCCCOc1ccc(-c2ncc(C3OCC(CCCCCCCC)C(C)O3)cn2)cc1. The fourth-order valence-electron chi connectivity index (χ4n) is 5.11. The third-order valence-electron chi connectivity index (χ3n) is 7.72.